The molecule has 2 unspecified atom stereocenters. The van der Waals surface area contributed by atoms with Crippen LogP contribution in [-0.4, -0.2) is 37.1 Å². The van der Waals surface area contributed by atoms with Gasteiger partial charge in [0.1, 0.15) is 0 Å². The van der Waals surface area contributed by atoms with E-state index < -0.39 is 0 Å². The van der Waals surface area contributed by atoms with E-state index in [1.54, 1.807) is 0 Å². The maximum Gasteiger partial charge on any atom is 0.0117 e. The van der Waals surface area contributed by atoms with Gasteiger partial charge in [-0.15, -0.1) is 0 Å². The van der Waals surface area contributed by atoms with E-state index in [0.717, 1.165) is 23.9 Å². The van der Waals surface area contributed by atoms with Gasteiger partial charge >= 0.3 is 0 Å². The Morgan fingerprint density at radius 2 is 1.82 bits per heavy atom. The number of nitrogens with zero attached hydrogens (tertiary/aromatic N) is 1. The van der Waals surface area contributed by atoms with Crippen molar-refractivity contribution in [3.05, 3.63) is 0 Å². The molecule has 1 saturated carbocycles. The topological polar surface area (TPSA) is 15.3 Å². The minimum atomic E-state index is 0.763. The van der Waals surface area contributed by atoms with Crippen LogP contribution in [0.2, 0.25) is 0 Å². The minimum absolute atomic E-state index is 0.763. The summed E-state index contributed by atoms with van der Waals surface area (Å²) in [4.78, 5) is 2.80. The highest BCUT2D eigenvalue weighted by molar-refractivity contribution is 4.88. The lowest BCUT2D eigenvalue weighted by atomic mass is 9.83. The van der Waals surface area contributed by atoms with Crippen molar-refractivity contribution in [2.45, 2.75) is 64.5 Å². The van der Waals surface area contributed by atoms with E-state index in [9.17, 15) is 0 Å². The van der Waals surface area contributed by atoms with Crippen LogP contribution >= 0.6 is 0 Å². The molecule has 1 aliphatic carbocycles. The van der Waals surface area contributed by atoms with Crippen molar-refractivity contribution in [1.29, 1.82) is 0 Å². The second kappa shape index (κ2) is 6.19. The van der Waals surface area contributed by atoms with Crippen molar-refractivity contribution in [1.82, 2.24) is 10.2 Å². The molecule has 2 rings (SSSR count). The number of nitrogens with one attached hydrogen (secondary N) is 1. The molecule has 1 heterocycles. The quantitative estimate of drug-likeness (QED) is 0.813. The van der Waals surface area contributed by atoms with Gasteiger partial charge in [-0.2, -0.15) is 0 Å². The summed E-state index contributed by atoms with van der Waals surface area (Å²) in [6.07, 6.45) is 8.47. The fourth-order valence-electron chi connectivity index (χ4n) is 3.79. The summed E-state index contributed by atoms with van der Waals surface area (Å²) in [5.74, 6) is 1.84. The van der Waals surface area contributed by atoms with Crippen molar-refractivity contribution in [3.8, 4) is 0 Å². The Bertz CT molecular complexity index is 221. The zero-order valence-corrected chi connectivity index (χ0v) is 11.9. The Balaban J connectivity index is 1.86. The number of hydrogen-bond acceptors (Lipinski definition) is 2. The molecule has 0 spiro atoms. The van der Waals surface area contributed by atoms with Crippen LogP contribution in [0.3, 0.4) is 0 Å². The highest BCUT2D eigenvalue weighted by atomic mass is 15.2. The molecule has 1 aliphatic heterocycles. The molecule has 2 aliphatic rings. The first-order valence-electron chi connectivity index (χ1n) is 7.65. The number of rotatable bonds is 3. The first-order chi connectivity index (χ1) is 8.24. The summed E-state index contributed by atoms with van der Waals surface area (Å²) in [6.45, 7) is 7.42. The molecule has 0 aromatic heterocycles. The third kappa shape index (κ3) is 3.23. The summed E-state index contributed by atoms with van der Waals surface area (Å²) in [6, 6.07) is 1.66. The highest BCUT2D eigenvalue weighted by Crippen LogP contribution is 2.30. The third-order valence-electron chi connectivity index (χ3n) is 5.16. The molecule has 2 atom stereocenters. The van der Waals surface area contributed by atoms with Crippen LogP contribution < -0.4 is 5.32 Å². The van der Waals surface area contributed by atoms with Crippen molar-refractivity contribution < 1.29 is 0 Å². The van der Waals surface area contributed by atoms with E-state index in [0.29, 0.717) is 0 Å². The van der Waals surface area contributed by atoms with Crippen molar-refractivity contribution in [3.63, 3.8) is 0 Å². The van der Waals surface area contributed by atoms with Crippen LogP contribution in [0.5, 0.6) is 0 Å². The highest BCUT2D eigenvalue weighted by Gasteiger charge is 2.31. The first kappa shape index (κ1) is 13.4. The predicted molar refractivity (Wildman–Crippen MR) is 74.2 cm³/mol. The standard InChI is InChI=1S/C15H30N2/c1-4-13-11-17(10-9-15(13)16-3)14-7-5-12(2)6-8-14/h12-16H,4-11H2,1-3H3. The van der Waals surface area contributed by atoms with Gasteiger partial charge in [-0.3, -0.25) is 4.90 Å². The van der Waals surface area contributed by atoms with Crippen molar-refractivity contribution in [2.24, 2.45) is 11.8 Å². The molecule has 0 amide bonds. The van der Waals surface area contributed by atoms with Crippen LogP contribution in [0.1, 0.15) is 52.4 Å². The number of hydrogen-bond donors (Lipinski definition) is 1. The Hall–Kier alpha value is -0.0800. The van der Waals surface area contributed by atoms with Crippen molar-refractivity contribution in [2.75, 3.05) is 20.1 Å². The molecule has 2 nitrogen and oxygen atoms in total. The van der Waals surface area contributed by atoms with Crippen LogP contribution in [0.15, 0.2) is 0 Å². The summed E-state index contributed by atoms with van der Waals surface area (Å²) < 4.78 is 0. The van der Waals surface area contributed by atoms with E-state index in [2.05, 4.69) is 31.1 Å². The fourth-order valence-corrected chi connectivity index (χ4v) is 3.79. The Morgan fingerprint density at radius 3 is 2.41 bits per heavy atom. The maximum absolute atomic E-state index is 3.51. The largest absolute Gasteiger partial charge is 0.317 e. The van der Waals surface area contributed by atoms with Gasteiger partial charge in [0.15, 0.2) is 0 Å². The molecule has 100 valence electrons. The monoisotopic (exact) mass is 238 g/mol. The second-order valence-corrected chi connectivity index (χ2v) is 6.26. The number of likely N-dealkylation sites (tertiary alicyclic amines) is 1. The first-order valence-corrected chi connectivity index (χ1v) is 7.65. The van der Waals surface area contributed by atoms with E-state index in [-0.39, 0.29) is 0 Å². The third-order valence-corrected chi connectivity index (χ3v) is 5.16. The summed E-state index contributed by atoms with van der Waals surface area (Å²) in [7, 11) is 2.13. The Labute approximate surface area is 107 Å². The normalized spacial score (nSPS) is 40.4. The summed E-state index contributed by atoms with van der Waals surface area (Å²) in [5.41, 5.74) is 0. The smallest absolute Gasteiger partial charge is 0.0117 e. The van der Waals surface area contributed by atoms with Crippen LogP contribution in [-0.2, 0) is 0 Å². The van der Waals surface area contributed by atoms with Crippen molar-refractivity contribution >= 4 is 0 Å². The molecule has 0 bridgehead atoms. The van der Waals surface area contributed by atoms with E-state index in [1.165, 1.54) is 51.6 Å². The van der Waals surface area contributed by atoms with Gasteiger partial charge in [0.2, 0.25) is 0 Å². The lowest BCUT2D eigenvalue weighted by Gasteiger charge is -2.44. The van der Waals surface area contributed by atoms with Crippen LogP contribution in [0, 0.1) is 11.8 Å². The van der Waals surface area contributed by atoms with Gasteiger partial charge < -0.3 is 5.32 Å². The van der Waals surface area contributed by atoms with E-state index in [4.69, 9.17) is 0 Å². The summed E-state index contributed by atoms with van der Waals surface area (Å²) >= 11 is 0. The zero-order valence-electron chi connectivity index (χ0n) is 11.9. The average Bonchev–Trinajstić information content (AvgIpc) is 2.39. The van der Waals surface area contributed by atoms with Crippen LogP contribution in [0.4, 0.5) is 0 Å². The van der Waals surface area contributed by atoms with Gasteiger partial charge in [0.25, 0.3) is 0 Å². The molecule has 1 N–H and O–H groups in total. The van der Waals surface area contributed by atoms with Gasteiger partial charge in [0, 0.05) is 18.6 Å². The van der Waals surface area contributed by atoms with Gasteiger partial charge in [0.05, 0.1) is 0 Å². The Kier molecular flexibility index (Phi) is 4.87. The molecule has 0 radical (unpaired) electrons. The van der Waals surface area contributed by atoms with E-state index in [1.807, 2.05) is 0 Å². The lowest BCUT2D eigenvalue weighted by molar-refractivity contribution is 0.0706. The Morgan fingerprint density at radius 1 is 1.12 bits per heavy atom. The number of piperidine rings is 1. The zero-order chi connectivity index (χ0) is 12.3. The molecular weight excluding hydrogens is 208 g/mol. The average molecular weight is 238 g/mol. The molecule has 0 aromatic rings. The van der Waals surface area contributed by atoms with Crippen LogP contribution in [0.25, 0.3) is 0 Å². The SMILES string of the molecule is CCC1CN(C2CCC(C)CC2)CCC1NC. The molecule has 1 saturated heterocycles. The van der Waals surface area contributed by atoms with Gasteiger partial charge in [-0.1, -0.05) is 20.3 Å². The molecule has 2 fully saturated rings. The predicted octanol–water partition coefficient (Wildman–Crippen LogP) is 2.89. The lowest BCUT2D eigenvalue weighted by Crippen LogP contribution is -2.52. The molecule has 17 heavy (non-hydrogen) atoms. The second-order valence-electron chi connectivity index (χ2n) is 6.26. The molecule has 0 aromatic carbocycles. The molecular formula is C15H30N2. The fraction of sp³-hybridized carbons (Fsp3) is 1.00. The molecule has 2 heteroatoms. The maximum atomic E-state index is 3.51. The van der Waals surface area contributed by atoms with E-state index >= 15 is 0 Å². The minimum Gasteiger partial charge on any atom is -0.317 e. The summed E-state index contributed by atoms with van der Waals surface area (Å²) in [5, 5.41) is 3.51. The van der Waals surface area contributed by atoms with Gasteiger partial charge in [-0.05, 0) is 57.5 Å². The van der Waals surface area contributed by atoms with Gasteiger partial charge in [-0.25, -0.2) is 0 Å².